The Labute approximate surface area is 314 Å². The smallest absolute Gasteiger partial charge is 0.143 e. The Morgan fingerprint density at radius 1 is 0.278 bits per heavy atom. The molecule has 0 fully saturated rings. The van der Waals surface area contributed by atoms with E-state index in [4.69, 9.17) is 4.42 Å². The van der Waals surface area contributed by atoms with E-state index in [2.05, 4.69) is 205 Å². The highest BCUT2D eigenvalue weighted by molar-refractivity contribution is 6.10. The van der Waals surface area contributed by atoms with Crippen molar-refractivity contribution >= 4 is 49.8 Å². The Bertz CT molecular complexity index is 2890. The number of nitrogens with zero attached hydrogens (tertiary/aromatic N) is 1. The summed E-state index contributed by atoms with van der Waals surface area (Å²) in [6.07, 6.45) is 0. The minimum absolute atomic E-state index is 0.907. The van der Waals surface area contributed by atoms with Gasteiger partial charge in [-0.2, -0.15) is 0 Å². The van der Waals surface area contributed by atoms with Crippen LogP contribution in [0.15, 0.2) is 217 Å². The van der Waals surface area contributed by atoms with Crippen LogP contribution in [-0.2, 0) is 0 Å². The molecule has 2 nitrogen and oxygen atoms in total. The van der Waals surface area contributed by atoms with Crippen molar-refractivity contribution in [1.82, 2.24) is 0 Å². The number of rotatable bonds is 7. The van der Waals surface area contributed by atoms with Gasteiger partial charge in [0.05, 0.1) is 5.69 Å². The van der Waals surface area contributed by atoms with Gasteiger partial charge in [0, 0.05) is 33.1 Å². The van der Waals surface area contributed by atoms with E-state index in [-0.39, 0.29) is 0 Å². The van der Waals surface area contributed by atoms with Crippen molar-refractivity contribution < 1.29 is 4.42 Å². The Morgan fingerprint density at radius 3 is 1.39 bits per heavy atom. The number of benzene rings is 9. The van der Waals surface area contributed by atoms with E-state index in [1.165, 1.54) is 44.2 Å². The largest absolute Gasteiger partial charge is 0.455 e. The van der Waals surface area contributed by atoms with Crippen LogP contribution in [0.4, 0.5) is 17.1 Å². The van der Waals surface area contributed by atoms with E-state index in [9.17, 15) is 0 Å². The number of fused-ring (bicyclic) bond motifs is 4. The molecule has 0 bridgehead atoms. The summed E-state index contributed by atoms with van der Waals surface area (Å²) >= 11 is 0. The lowest BCUT2D eigenvalue weighted by atomic mass is 9.96. The summed E-state index contributed by atoms with van der Waals surface area (Å²) in [7, 11) is 0. The van der Waals surface area contributed by atoms with Gasteiger partial charge in [-0.15, -0.1) is 0 Å². The lowest BCUT2D eigenvalue weighted by molar-refractivity contribution is 0.670. The lowest BCUT2D eigenvalue weighted by Gasteiger charge is -2.28. The van der Waals surface area contributed by atoms with Crippen LogP contribution in [0.5, 0.6) is 0 Å². The minimum atomic E-state index is 0.907. The molecule has 0 saturated heterocycles. The molecule has 0 spiro atoms. The molecule has 0 radical (unpaired) electrons. The number of hydrogen-bond acceptors (Lipinski definition) is 2. The number of para-hydroxylation sites is 2. The van der Waals surface area contributed by atoms with Gasteiger partial charge in [0.2, 0.25) is 0 Å². The first kappa shape index (κ1) is 31.6. The van der Waals surface area contributed by atoms with Gasteiger partial charge in [-0.3, -0.25) is 0 Å². The van der Waals surface area contributed by atoms with Gasteiger partial charge in [0.1, 0.15) is 11.2 Å². The van der Waals surface area contributed by atoms with Crippen LogP contribution in [0.1, 0.15) is 0 Å². The Hall–Kier alpha value is -7.16. The Kier molecular flexibility index (Phi) is 7.85. The molecule has 0 amide bonds. The van der Waals surface area contributed by atoms with Gasteiger partial charge in [-0.05, 0) is 80.7 Å². The van der Waals surface area contributed by atoms with Crippen molar-refractivity contribution in [2.75, 3.05) is 4.90 Å². The van der Waals surface area contributed by atoms with E-state index in [1.807, 2.05) is 12.1 Å². The summed E-state index contributed by atoms with van der Waals surface area (Å²) < 4.78 is 6.42. The van der Waals surface area contributed by atoms with Crippen LogP contribution in [0.25, 0.3) is 77.2 Å². The minimum Gasteiger partial charge on any atom is -0.455 e. The Balaban J connectivity index is 1.08. The quantitative estimate of drug-likeness (QED) is 0.166. The maximum absolute atomic E-state index is 6.42. The number of anilines is 3. The van der Waals surface area contributed by atoms with Crippen LogP contribution >= 0.6 is 0 Å². The van der Waals surface area contributed by atoms with Crippen molar-refractivity contribution in [1.29, 1.82) is 0 Å². The third kappa shape index (κ3) is 5.62. The Morgan fingerprint density at radius 2 is 0.741 bits per heavy atom. The van der Waals surface area contributed by atoms with E-state index in [0.717, 1.165) is 50.1 Å². The molecule has 0 unspecified atom stereocenters. The van der Waals surface area contributed by atoms with Gasteiger partial charge < -0.3 is 9.32 Å². The summed E-state index contributed by atoms with van der Waals surface area (Å²) in [5, 5.41) is 4.68. The lowest BCUT2D eigenvalue weighted by Crippen LogP contribution is -2.10. The molecule has 0 aliphatic heterocycles. The van der Waals surface area contributed by atoms with Crippen LogP contribution in [0.2, 0.25) is 0 Å². The molecule has 1 heterocycles. The zero-order valence-corrected chi connectivity index (χ0v) is 29.6. The molecule has 10 rings (SSSR count). The molecular weight excluding hydrogens is 655 g/mol. The van der Waals surface area contributed by atoms with Crippen molar-refractivity contribution in [2.24, 2.45) is 0 Å². The van der Waals surface area contributed by atoms with Gasteiger partial charge in [-0.25, -0.2) is 0 Å². The monoisotopic (exact) mass is 689 g/mol. The third-order valence-electron chi connectivity index (χ3n) is 10.5. The average molecular weight is 690 g/mol. The second kappa shape index (κ2) is 13.4. The van der Waals surface area contributed by atoms with Gasteiger partial charge in [0.25, 0.3) is 0 Å². The van der Waals surface area contributed by atoms with E-state index in [0.29, 0.717) is 0 Å². The van der Waals surface area contributed by atoms with Crippen LogP contribution in [-0.4, -0.2) is 0 Å². The fraction of sp³-hybridized carbons (Fsp3) is 0. The highest BCUT2D eigenvalue weighted by atomic mass is 16.3. The number of hydrogen-bond donors (Lipinski definition) is 0. The molecule has 9 aromatic carbocycles. The average Bonchev–Trinajstić information content (AvgIpc) is 3.64. The summed E-state index contributed by atoms with van der Waals surface area (Å²) in [6, 6.07) is 75.8. The van der Waals surface area contributed by atoms with Gasteiger partial charge >= 0.3 is 0 Å². The molecular formula is C52H35NO. The highest BCUT2D eigenvalue weighted by Crippen LogP contribution is 2.43. The van der Waals surface area contributed by atoms with Crippen molar-refractivity contribution in [3.05, 3.63) is 212 Å². The molecule has 254 valence electrons. The van der Waals surface area contributed by atoms with Gasteiger partial charge in [0.15, 0.2) is 0 Å². The standard InChI is InChI=1S/C52H35NO/c1-3-12-36(13-4-1)37-22-24-38(25-23-37)39-26-30-42(31-27-39)53(50-35-34-44(40-14-5-2-6-15-40)46-16-7-8-17-47(46)50)43-32-28-41(29-33-43)45-19-11-20-49-48-18-9-10-21-51(48)54-52(45)49/h1-35H. The fourth-order valence-corrected chi connectivity index (χ4v) is 7.83. The molecule has 0 aliphatic rings. The fourth-order valence-electron chi connectivity index (χ4n) is 7.83. The molecule has 0 N–H and O–H groups in total. The normalized spacial score (nSPS) is 11.3. The molecule has 1 aromatic heterocycles. The first-order valence-corrected chi connectivity index (χ1v) is 18.4. The van der Waals surface area contributed by atoms with E-state index >= 15 is 0 Å². The number of furan rings is 1. The van der Waals surface area contributed by atoms with Crippen molar-refractivity contribution in [3.8, 4) is 44.5 Å². The molecule has 0 aliphatic carbocycles. The van der Waals surface area contributed by atoms with Crippen molar-refractivity contribution in [3.63, 3.8) is 0 Å². The molecule has 10 aromatic rings. The first-order valence-electron chi connectivity index (χ1n) is 18.4. The van der Waals surface area contributed by atoms with Gasteiger partial charge in [-0.1, -0.05) is 176 Å². The highest BCUT2D eigenvalue weighted by Gasteiger charge is 2.19. The third-order valence-corrected chi connectivity index (χ3v) is 10.5. The summed E-state index contributed by atoms with van der Waals surface area (Å²) in [5.74, 6) is 0. The SMILES string of the molecule is c1ccc(-c2ccc(-c3ccc(N(c4ccc(-c5cccc6c5oc5ccccc56)cc4)c4ccc(-c5ccccc5)c5ccccc45)cc3)cc2)cc1. The predicted molar refractivity (Wildman–Crippen MR) is 228 cm³/mol. The van der Waals surface area contributed by atoms with Crippen LogP contribution in [0.3, 0.4) is 0 Å². The molecule has 2 heteroatoms. The topological polar surface area (TPSA) is 16.4 Å². The predicted octanol–water partition coefficient (Wildman–Crippen LogP) is 14.9. The summed E-state index contributed by atoms with van der Waals surface area (Å²) in [5.41, 5.74) is 14.5. The maximum Gasteiger partial charge on any atom is 0.143 e. The maximum atomic E-state index is 6.42. The second-order valence-electron chi connectivity index (χ2n) is 13.7. The summed E-state index contributed by atoms with van der Waals surface area (Å²) in [6.45, 7) is 0. The zero-order valence-electron chi connectivity index (χ0n) is 29.6. The molecule has 0 atom stereocenters. The van der Waals surface area contributed by atoms with E-state index in [1.54, 1.807) is 0 Å². The summed E-state index contributed by atoms with van der Waals surface area (Å²) in [4.78, 5) is 2.38. The van der Waals surface area contributed by atoms with Crippen LogP contribution < -0.4 is 4.90 Å². The molecule has 0 saturated carbocycles. The van der Waals surface area contributed by atoms with Crippen molar-refractivity contribution in [2.45, 2.75) is 0 Å². The van der Waals surface area contributed by atoms with E-state index < -0.39 is 0 Å². The second-order valence-corrected chi connectivity index (χ2v) is 13.7. The zero-order chi connectivity index (χ0) is 35.8. The molecule has 54 heavy (non-hydrogen) atoms. The first-order chi connectivity index (χ1) is 26.8. The van der Waals surface area contributed by atoms with Crippen LogP contribution in [0, 0.1) is 0 Å².